The lowest BCUT2D eigenvalue weighted by atomic mass is 10.00. The molecule has 0 spiro atoms. The molecular formula is C12H22N2O3. The highest BCUT2D eigenvalue weighted by molar-refractivity contribution is 6.35. The number of nitrogens with one attached hydrogen (secondary N) is 1. The zero-order valence-electron chi connectivity index (χ0n) is 10.4. The molecule has 1 saturated heterocycles. The molecule has 0 saturated carbocycles. The molecule has 1 atom stereocenters. The van der Waals surface area contributed by atoms with Gasteiger partial charge >= 0.3 is 11.8 Å². The molecule has 17 heavy (non-hydrogen) atoms. The summed E-state index contributed by atoms with van der Waals surface area (Å²) in [6.45, 7) is 3.10. The average Bonchev–Trinajstić information content (AvgIpc) is 2.38. The second kappa shape index (κ2) is 7.27. The van der Waals surface area contributed by atoms with Gasteiger partial charge in [0, 0.05) is 25.7 Å². The van der Waals surface area contributed by atoms with Crippen molar-refractivity contribution < 1.29 is 14.7 Å². The number of amides is 2. The molecule has 5 heteroatoms. The van der Waals surface area contributed by atoms with Crippen LogP contribution < -0.4 is 5.32 Å². The largest absolute Gasteiger partial charge is 0.396 e. The highest BCUT2D eigenvalue weighted by Crippen LogP contribution is 2.19. The highest BCUT2D eigenvalue weighted by Gasteiger charge is 2.29. The van der Waals surface area contributed by atoms with Crippen LogP contribution in [0, 0.1) is 0 Å². The molecule has 1 aliphatic rings. The van der Waals surface area contributed by atoms with Crippen LogP contribution in [0.1, 0.15) is 39.0 Å². The van der Waals surface area contributed by atoms with E-state index in [2.05, 4.69) is 5.32 Å². The molecule has 1 heterocycles. The Kier molecular flexibility index (Phi) is 5.97. The maximum Gasteiger partial charge on any atom is 0.312 e. The van der Waals surface area contributed by atoms with Gasteiger partial charge in [0.1, 0.15) is 0 Å². The number of carbonyl (C=O) groups excluding carboxylic acids is 2. The smallest absolute Gasteiger partial charge is 0.312 e. The first-order chi connectivity index (χ1) is 8.20. The highest BCUT2D eigenvalue weighted by atomic mass is 16.3. The molecule has 2 N–H and O–H groups in total. The maximum atomic E-state index is 11.9. The van der Waals surface area contributed by atoms with Crippen LogP contribution in [0.25, 0.3) is 0 Å². The number of likely N-dealkylation sites (tertiary alicyclic amines) is 1. The van der Waals surface area contributed by atoms with Gasteiger partial charge in [-0.1, -0.05) is 6.92 Å². The summed E-state index contributed by atoms with van der Waals surface area (Å²) in [6.07, 6.45) is 4.48. The zero-order valence-corrected chi connectivity index (χ0v) is 10.4. The fraction of sp³-hybridized carbons (Fsp3) is 0.833. The van der Waals surface area contributed by atoms with Crippen molar-refractivity contribution >= 4 is 11.8 Å². The summed E-state index contributed by atoms with van der Waals surface area (Å²) in [5, 5.41) is 11.1. The van der Waals surface area contributed by atoms with E-state index in [0.29, 0.717) is 19.5 Å². The number of piperidine rings is 1. The van der Waals surface area contributed by atoms with Crippen molar-refractivity contribution in [3.05, 3.63) is 0 Å². The topological polar surface area (TPSA) is 69.6 Å². The number of carbonyl (C=O) groups is 2. The van der Waals surface area contributed by atoms with Crippen LogP contribution in [0.4, 0.5) is 0 Å². The quantitative estimate of drug-likeness (QED) is 0.549. The molecule has 0 bridgehead atoms. The van der Waals surface area contributed by atoms with Gasteiger partial charge in [0.05, 0.1) is 0 Å². The van der Waals surface area contributed by atoms with Crippen LogP contribution >= 0.6 is 0 Å². The lowest BCUT2D eigenvalue weighted by molar-refractivity contribution is -0.148. The average molecular weight is 242 g/mol. The number of aliphatic hydroxyl groups excluding tert-OH is 1. The van der Waals surface area contributed by atoms with Crippen molar-refractivity contribution in [2.24, 2.45) is 0 Å². The van der Waals surface area contributed by atoms with E-state index in [1.807, 2.05) is 6.92 Å². The second-order valence-corrected chi connectivity index (χ2v) is 4.39. The molecular weight excluding hydrogens is 220 g/mol. The van der Waals surface area contributed by atoms with Crippen LogP contribution in [0.5, 0.6) is 0 Å². The number of hydrogen-bond donors (Lipinski definition) is 2. The van der Waals surface area contributed by atoms with E-state index in [9.17, 15) is 9.59 Å². The third-order valence-electron chi connectivity index (χ3n) is 3.17. The minimum absolute atomic E-state index is 0.0236. The second-order valence-electron chi connectivity index (χ2n) is 4.39. The molecule has 0 aromatic heterocycles. The molecule has 2 amide bonds. The monoisotopic (exact) mass is 242 g/mol. The summed E-state index contributed by atoms with van der Waals surface area (Å²) in [6, 6.07) is 0.208. The van der Waals surface area contributed by atoms with Crippen LogP contribution in [0.2, 0.25) is 0 Å². The van der Waals surface area contributed by atoms with Crippen LogP contribution in [-0.2, 0) is 9.59 Å². The third kappa shape index (κ3) is 4.00. The predicted molar refractivity (Wildman–Crippen MR) is 64.4 cm³/mol. The van der Waals surface area contributed by atoms with E-state index in [1.165, 1.54) is 0 Å². The van der Waals surface area contributed by atoms with E-state index < -0.39 is 11.8 Å². The van der Waals surface area contributed by atoms with Gasteiger partial charge in [-0.2, -0.15) is 0 Å². The van der Waals surface area contributed by atoms with E-state index in [4.69, 9.17) is 5.11 Å². The number of nitrogens with zero attached hydrogens (tertiary/aromatic N) is 1. The Morgan fingerprint density at radius 3 is 2.82 bits per heavy atom. The molecule has 0 aliphatic carbocycles. The first-order valence-electron chi connectivity index (χ1n) is 6.40. The van der Waals surface area contributed by atoms with Gasteiger partial charge in [0.25, 0.3) is 0 Å². The van der Waals surface area contributed by atoms with Gasteiger partial charge in [-0.3, -0.25) is 9.59 Å². The molecule has 5 nitrogen and oxygen atoms in total. The predicted octanol–water partition coefficient (Wildman–Crippen LogP) is 0.276. The lowest BCUT2D eigenvalue weighted by Gasteiger charge is -2.34. The molecule has 1 rings (SSSR count). The first-order valence-corrected chi connectivity index (χ1v) is 6.40. The van der Waals surface area contributed by atoms with E-state index in [1.54, 1.807) is 4.90 Å². The molecule has 0 aromatic rings. The van der Waals surface area contributed by atoms with Gasteiger partial charge in [0.15, 0.2) is 0 Å². The van der Waals surface area contributed by atoms with Crippen molar-refractivity contribution in [3.8, 4) is 0 Å². The third-order valence-corrected chi connectivity index (χ3v) is 3.17. The Bertz CT molecular complexity index is 268. The van der Waals surface area contributed by atoms with Crippen molar-refractivity contribution in [1.82, 2.24) is 10.2 Å². The summed E-state index contributed by atoms with van der Waals surface area (Å²) < 4.78 is 0. The van der Waals surface area contributed by atoms with Crippen molar-refractivity contribution in [2.45, 2.75) is 45.1 Å². The van der Waals surface area contributed by atoms with Crippen molar-refractivity contribution in [3.63, 3.8) is 0 Å². The van der Waals surface area contributed by atoms with E-state index >= 15 is 0 Å². The number of hydrogen-bond acceptors (Lipinski definition) is 3. The lowest BCUT2D eigenvalue weighted by Crippen LogP contribution is -2.50. The molecule has 1 unspecified atom stereocenters. The minimum atomic E-state index is -0.543. The fourth-order valence-corrected chi connectivity index (χ4v) is 2.18. The van der Waals surface area contributed by atoms with Crippen LogP contribution in [0.15, 0.2) is 0 Å². The van der Waals surface area contributed by atoms with Gasteiger partial charge in [-0.05, 0) is 32.1 Å². The SMILES string of the molecule is CCC1CCCCN1C(=O)C(=O)NCCCO. The first kappa shape index (κ1) is 14.0. The Balaban J connectivity index is 2.46. The normalized spacial score (nSPS) is 20.1. The number of aliphatic hydroxyl groups is 1. The Hall–Kier alpha value is -1.10. The molecule has 98 valence electrons. The van der Waals surface area contributed by atoms with Crippen molar-refractivity contribution in [1.29, 1.82) is 0 Å². The van der Waals surface area contributed by atoms with Gasteiger partial charge < -0.3 is 15.3 Å². The fourth-order valence-electron chi connectivity index (χ4n) is 2.18. The summed E-state index contributed by atoms with van der Waals surface area (Å²) in [5.74, 6) is -0.965. The van der Waals surface area contributed by atoms with Gasteiger partial charge in [-0.15, -0.1) is 0 Å². The number of rotatable bonds is 4. The summed E-state index contributed by atoms with van der Waals surface area (Å²) >= 11 is 0. The summed E-state index contributed by atoms with van der Waals surface area (Å²) in [7, 11) is 0. The van der Waals surface area contributed by atoms with Crippen LogP contribution in [0.3, 0.4) is 0 Å². The summed E-state index contributed by atoms with van der Waals surface area (Å²) in [4.78, 5) is 25.2. The standard InChI is InChI=1S/C12H22N2O3/c1-2-10-6-3-4-8-14(10)12(17)11(16)13-7-5-9-15/h10,15H,2-9H2,1H3,(H,13,16). The van der Waals surface area contributed by atoms with Gasteiger partial charge in [-0.25, -0.2) is 0 Å². The molecule has 0 aromatic carbocycles. The van der Waals surface area contributed by atoms with E-state index in [0.717, 1.165) is 25.7 Å². The molecule has 1 aliphatic heterocycles. The zero-order chi connectivity index (χ0) is 12.7. The molecule has 0 radical (unpaired) electrons. The van der Waals surface area contributed by atoms with Crippen LogP contribution in [-0.4, -0.2) is 47.6 Å². The Morgan fingerprint density at radius 1 is 1.41 bits per heavy atom. The Labute approximate surface area is 102 Å². The maximum absolute atomic E-state index is 11.9. The molecule has 1 fully saturated rings. The summed E-state index contributed by atoms with van der Waals surface area (Å²) in [5.41, 5.74) is 0. The minimum Gasteiger partial charge on any atom is -0.396 e. The van der Waals surface area contributed by atoms with Crippen molar-refractivity contribution in [2.75, 3.05) is 19.7 Å². The van der Waals surface area contributed by atoms with Gasteiger partial charge in [0.2, 0.25) is 0 Å². The Morgan fingerprint density at radius 2 is 2.18 bits per heavy atom. The van der Waals surface area contributed by atoms with E-state index in [-0.39, 0.29) is 12.6 Å².